The highest BCUT2D eigenvalue weighted by Gasteiger charge is 2.59. The summed E-state index contributed by atoms with van der Waals surface area (Å²) in [5, 5.41) is 3.18. The van der Waals surface area contributed by atoms with Crippen molar-refractivity contribution in [2.75, 3.05) is 33.0 Å². The van der Waals surface area contributed by atoms with Crippen molar-refractivity contribution in [1.29, 1.82) is 0 Å². The SMILES string of the molecule is O=C1COCC2(CCN3C(=O)C4(CC4)COc4ccccc4C4CCC(CC4)OCC32)N1. The fourth-order valence-electron chi connectivity index (χ4n) is 6.23. The van der Waals surface area contributed by atoms with Gasteiger partial charge in [0, 0.05) is 6.54 Å². The molecule has 4 fully saturated rings. The van der Waals surface area contributed by atoms with Crippen molar-refractivity contribution in [1.82, 2.24) is 10.2 Å². The molecule has 2 saturated carbocycles. The molecule has 4 aliphatic heterocycles. The highest BCUT2D eigenvalue weighted by molar-refractivity contribution is 5.87. The van der Waals surface area contributed by atoms with Crippen molar-refractivity contribution < 1.29 is 23.8 Å². The Kier molecular flexibility index (Phi) is 4.95. The number of ether oxygens (including phenoxy) is 3. The van der Waals surface area contributed by atoms with Crippen LogP contribution in [0.2, 0.25) is 0 Å². The lowest BCUT2D eigenvalue weighted by molar-refractivity contribution is -0.147. The molecule has 172 valence electrons. The quantitative estimate of drug-likeness (QED) is 0.670. The molecule has 2 unspecified atom stereocenters. The minimum atomic E-state index is -0.553. The molecule has 7 nitrogen and oxygen atoms in total. The lowest BCUT2D eigenvalue weighted by Crippen LogP contribution is -2.65. The van der Waals surface area contributed by atoms with E-state index in [9.17, 15) is 9.59 Å². The molecule has 2 bridgehead atoms. The smallest absolute Gasteiger partial charge is 0.246 e. The van der Waals surface area contributed by atoms with Crippen molar-refractivity contribution in [2.45, 2.75) is 68.5 Å². The molecule has 7 heteroatoms. The third-order valence-electron chi connectivity index (χ3n) is 8.39. The number of rotatable bonds is 0. The zero-order valence-corrected chi connectivity index (χ0v) is 18.5. The van der Waals surface area contributed by atoms with E-state index in [-0.39, 0.29) is 30.6 Å². The van der Waals surface area contributed by atoms with Crippen LogP contribution in [0.15, 0.2) is 24.3 Å². The minimum absolute atomic E-state index is 0.0878. The van der Waals surface area contributed by atoms with E-state index in [0.717, 1.165) is 44.3 Å². The highest BCUT2D eigenvalue weighted by Crippen LogP contribution is 2.50. The first-order chi connectivity index (χ1) is 15.6. The lowest BCUT2D eigenvalue weighted by Gasteiger charge is -2.42. The van der Waals surface area contributed by atoms with Gasteiger partial charge < -0.3 is 24.4 Å². The van der Waals surface area contributed by atoms with Gasteiger partial charge in [0.25, 0.3) is 0 Å². The van der Waals surface area contributed by atoms with E-state index < -0.39 is 11.0 Å². The number of amides is 2. The van der Waals surface area contributed by atoms with Crippen LogP contribution < -0.4 is 10.1 Å². The summed E-state index contributed by atoms with van der Waals surface area (Å²) in [6, 6.07) is 8.13. The summed E-state index contributed by atoms with van der Waals surface area (Å²) >= 11 is 0. The van der Waals surface area contributed by atoms with E-state index in [4.69, 9.17) is 14.2 Å². The third kappa shape index (κ3) is 3.41. The fourth-order valence-corrected chi connectivity index (χ4v) is 6.23. The summed E-state index contributed by atoms with van der Waals surface area (Å²) < 4.78 is 18.5. The summed E-state index contributed by atoms with van der Waals surface area (Å²) in [5.74, 6) is 1.43. The second kappa shape index (κ2) is 7.73. The molecule has 6 aliphatic rings. The highest BCUT2D eigenvalue weighted by atomic mass is 16.5. The predicted molar refractivity (Wildman–Crippen MR) is 116 cm³/mol. The van der Waals surface area contributed by atoms with E-state index in [1.165, 1.54) is 5.56 Å². The molecule has 2 saturated heterocycles. The van der Waals surface area contributed by atoms with Gasteiger partial charge in [-0.2, -0.15) is 0 Å². The number of morpholine rings is 1. The molecule has 32 heavy (non-hydrogen) atoms. The van der Waals surface area contributed by atoms with Crippen LogP contribution in [-0.2, 0) is 19.1 Å². The van der Waals surface area contributed by atoms with Crippen LogP contribution in [0.25, 0.3) is 0 Å². The van der Waals surface area contributed by atoms with Crippen LogP contribution in [0, 0.1) is 5.41 Å². The molecule has 7 rings (SSSR count). The number of fused-ring (bicyclic) bond motifs is 4. The second-order valence-electron chi connectivity index (χ2n) is 10.4. The van der Waals surface area contributed by atoms with Gasteiger partial charge in [-0.15, -0.1) is 0 Å². The maximum absolute atomic E-state index is 13.8. The number of nitrogens with one attached hydrogen (secondary N) is 1. The Morgan fingerprint density at radius 3 is 2.59 bits per heavy atom. The monoisotopic (exact) mass is 440 g/mol. The number of hydrogen-bond donors (Lipinski definition) is 1. The molecule has 2 spiro atoms. The third-order valence-corrected chi connectivity index (χ3v) is 8.39. The molecule has 0 radical (unpaired) electrons. The number of carbonyl (C=O) groups is 2. The minimum Gasteiger partial charge on any atom is -0.492 e. The Bertz CT molecular complexity index is 907. The summed E-state index contributed by atoms with van der Waals surface area (Å²) in [6.45, 7) is 1.99. The van der Waals surface area contributed by atoms with Gasteiger partial charge in [-0.25, -0.2) is 0 Å². The van der Waals surface area contributed by atoms with Crippen LogP contribution in [0.1, 0.15) is 56.4 Å². The largest absolute Gasteiger partial charge is 0.492 e. The molecule has 1 aromatic rings. The fraction of sp³-hybridized carbons (Fsp3) is 0.680. The summed E-state index contributed by atoms with van der Waals surface area (Å²) in [6.07, 6.45) is 6.74. The van der Waals surface area contributed by atoms with Crippen LogP contribution in [0.4, 0.5) is 0 Å². The molecule has 2 aliphatic carbocycles. The normalized spacial score (nSPS) is 36.2. The molecule has 2 atom stereocenters. The molecule has 1 aromatic carbocycles. The first kappa shape index (κ1) is 20.5. The van der Waals surface area contributed by atoms with Gasteiger partial charge in [0.15, 0.2) is 0 Å². The standard InChI is InChI=1S/C25H32N2O5/c28-22-14-30-16-25(26-22)11-12-27-21(25)13-31-18-7-5-17(6-8-18)19-3-1-2-4-20(19)32-15-24(9-10-24)23(27)29/h1-4,17-18,21H,5-16H2,(H,26,28). The van der Waals surface area contributed by atoms with Gasteiger partial charge >= 0.3 is 0 Å². The van der Waals surface area contributed by atoms with Crippen molar-refractivity contribution in [2.24, 2.45) is 5.41 Å². The summed E-state index contributed by atoms with van der Waals surface area (Å²) in [4.78, 5) is 28.0. The zero-order chi connectivity index (χ0) is 21.8. The maximum Gasteiger partial charge on any atom is 0.246 e. The van der Waals surface area contributed by atoms with Gasteiger partial charge in [0.2, 0.25) is 11.8 Å². The van der Waals surface area contributed by atoms with Gasteiger partial charge in [-0.05, 0) is 62.5 Å². The van der Waals surface area contributed by atoms with Crippen molar-refractivity contribution in [3.63, 3.8) is 0 Å². The number of carbonyl (C=O) groups excluding carboxylic acids is 2. The van der Waals surface area contributed by atoms with Crippen LogP contribution in [0.5, 0.6) is 5.75 Å². The molecular weight excluding hydrogens is 408 g/mol. The maximum atomic E-state index is 13.8. The first-order valence-corrected chi connectivity index (χ1v) is 12.1. The van der Waals surface area contributed by atoms with Crippen molar-refractivity contribution >= 4 is 11.8 Å². The van der Waals surface area contributed by atoms with Gasteiger partial charge in [-0.1, -0.05) is 18.2 Å². The first-order valence-electron chi connectivity index (χ1n) is 12.1. The van der Waals surface area contributed by atoms with Gasteiger partial charge in [-0.3, -0.25) is 9.59 Å². The Morgan fingerprint density at radius 1 is 1.00 bits per heavy atom. The van der Waals surface area contributed by atoms with E-state index in [0.29, 0.717) is 38.7 Å². The lowest BCUT2D eigenvalue weighted by atomic mass is 9.82. The van der Waals surface area contributed by atoms with E-state index in [1.54, 1.807) is 0 Å². The molecule has 1 N–H and O–H groups in total. The Labute approximate surface area is 188 Å². The molecule has 2 amide bonds. The Hall–Kier alpha value is -2.12. The molecule has 4 heterocycles. The molecular formula is C25H32N2O5. The van der Waals surface area contributed by atoms with Crippen molar-refractivity contribution in [3.05, 3.63) is 29.8 Å². The zero-order valence-electron chi connectivity index (χ0n) is 18.5. The summed E-state index contributed by atoms with van der Waals surface area (Å²) in [7, 11) is 0. The van der Waals surface area contributed by atoms with Crippen LogP contribution in [-0.4, -0.2) is 67.4 Å². The number of benzene rings is 1. The van der Waals surface area contributed by atoms with E-state index >= 15 is 0 Å². The van der Waals surface area contributed by atoms with Crippen LogP contribution >= 0.6 is 0 Å². The summed E-state index contributed by atoms with van der Waals surface area (Å²) in [5.41, 5.74) is 0.258. The van der Waals surface area contributed by atoms with Gasteiger partial charge in [0.05, 0.1) is 36.3 Å². The van der Waals surface area contributed by atoms with Crippen molar-refractivity contribution in [3.8, 4) is 5.75 Å². The Balaban J connectivity index is 1.33. The second-order valence-corrected chi connectivity index (χ2v) is 10.4. The average Bonchev–Trinajstić information content (AvgIpc) is 3.53. The number of nitrogens with zero attached hydrogens (tertiary/aromatic N) is 1. The van der Waals surface area contributed by atoms with Gasteiger partial charge in [0.1, 0.15) is 19.0 Å². The van der Waals surface area contributed by atoms with E-state index in [2.05, 4.69) is 17.4 Å². The Morgan fingerprint density at radius 2 is 1.81 bits per heavy atom. The van der Waals surface area contributed by atoms with E-state index in [1.807, 2.05) is 17.0 Å². The average molecular weight is 441 g/mol. The molecule has 0 aromatic heterocycles. The van der Waals surface area contributed by atoms with Crippen LogP contribution in [0.3, 0.4) is 0 Å². The topological polar surface area (TPSA) is 77.1 Å². The predicted octanol–water partition coefficient (Wildman–Crippen LogP) is 2.39. The number of para-hydroxylation sites is 1. The number of hydrogen-bond acceptors (Lipinski definition) is 5.